The highest BCUT2D eigenvalue weighted by molar-refractivity contribution is 5.79. The number of amides is 2. The molecule has 192 valence electrons. The van der Waals surface area contributed by atoms with Crippen molar-refractivity contribution in [1.29, 1.82) is 0 Å². The quantitative estimate of drug-likeness (QED) is 0.570. The molecule has 4 rings (SSSR count). The molecule has 1 aliphatic heterocycles. The second kappa shape index (κ2) is 10.2. The number of carboxylic acids is 1. The number of alkyl carbamates (subject to hydrolysis) is 1. The number of carboxylic acid groups (broad SMARTS) is 1. The van der Waals surface area contributed by atoms with Crippen LogP contribution >= 0.6 is 0 Å². The molecule has 1 fully saturated rings. The number of carbonyl (C=O) groups excluding carboxylic acids is 2. The van der Waals surface area contributed by atoms with Crippen LogP contribution in [0.4, 0.5) is 9.59 Å². The van der Waals surface area contributed by atoms with Crippen molar-refractivity contribution in [2.75, 3.05) is 39.5 Å². The van der Waals surface area contributed by atoms with Crippen LogP contribution in [-0.4, -0.2) is 73.2 Å². The highest BCUT2D eigenvalue weighted by Crippen LogP contribution is 2.44. The molecule has 1 saturated heterocycles. The number of ether oxygens (including phenoxy) is 3. The lowest BCUT2D eigenvalue weighted by molar-refractivity contribution is -0.145. The van der Waals surface area contributed by atoms with E-state index in [0.29, 0.717) is 0 Å². The van der Waals surface area contributed by atoms with E-state index in [1.54, 1.807) is 20.8 Å². The van der Waals surface area contributed by atoms with E-state index in [4.69, 9.17) is 19.3 Å². The summed E-state index contributed by atoms with van der Waals surface area (Å²) in [4.78, 5) is 37.4. The van der Waals surface area contributed by atoms with Gasteiger partial charge in [0.2, 0.25) is 0 Å². The molecule has 2 aromatic rings. The number of carbonyl (C=O) groups is 3. The van der Waals surface area contributed by atoms with Crippen LogP contribution < -0.4 is 5.32 Å². The second-order valence-electron chi connectivity index (χ2n) is 10.4. The average molecular weight is 497 g/mol. The molecule has 1 heterocycles. The van der Waals surface area contributed by atoms with Crippen molar-refractivity contribution in [3.8, 4) is 11.1 Å². The molecule has 0 bridgehead atoms. The molecule has 9 heteroatoms. The van der Waals surface area contributed by atoms with Gasteiger partial charge in [0.05, 0.1) is 6.61 Å². The Kier molecular flexibility index (Phi) is 7.21. The van der Waals surface area contributed by atoms with Gasteiger partial charge in [0.1, 0.15) is 18.8 Å². The van der Waals surface area contributed by atoms with Crippen molar-refractivity contribution in [3.05, 3.63) is 59.7 Å². The van der Waals surface area contributed by atoms with Crippen LogP contribution in [0.15, 0.2) is 48.5 Å². The first-order valence-electron chi connectivity index (χ1n) is 11.9. The molecule has 0 saturated carbocycles. The Bertz CT molecular complexity index is 1090. The summed E-state index contributed by atoms with van der Waals surface area (Å²) in [5.41, 5.74) is 3.28. The van der Waals surface area contributed by atoms with Gasteiger partial charge in [-0.1, -0.05) is 48.5 Å². The van der Waals surface area contributed by atoms with Crippen molar-refractivity contribution in [2.45, 2.75) is 32.3 Å². The molecule has 1 aliphatic carbocycles. The second-order valence-corrected chi connectivity index (χ2v) is 10.4. The number of hydrogen-bond donors (Lipinski definition) is 2. The third-order valence-corrected chi connectivity index (χ3v) is 6.29. The molecule has 2 N–H and O–H groups in total. The molecule has 0 atom stereocenters. The van der Waals surface area contributed by atoms with E-state index in [0.717, 1.165) is 22.3 Å². The maximum atomic E-state index is 12.6. The lowest BCUT2D eigenvalue weighted by Crippen LogP contribution is -2.65. The molecular formula is C27H32N2O7. The van der Waals surface area contributed by atoms with Crippen LogP contribution in [0.3, 0.4) is 0 Å². The molecule has 36 heavy (non-hydrogen) atoms. The Morgan fingerprint density at radius 1 is 1.03 bits per heavy atom. The van der Waals surface area contributed by atoms with Crippen LogP contribution in [-0.2, 0) is 19.0 Å². The largest absolute Gasteiger partial charge is 0.480 e. The zero-order valence-corrected chi connectivity index (χ0v) is 20.8. The maximum Gasteiger partial charge on any atom is 0.410 e. The van der Waals surface area contributed by atoms with E-state index >= 15 is 0 Å². The molecule has 0 aromatic heterocycles. The molecule has 2 aliphatic rings. The average Bonchev–Trinajstić information content (AvgIpc) is 3.11. The van der Waals surface area contributed by atoms with Gasteiger partial charge in [0, 0.05) is 31.0 Å². The number of aliphatic carboxylic acids is 1. The van der Waals surface area contributed by atoms with Crippen molar-refractivity contribution >= 4 is 18.2 Å². The summed E-state index contributed by atoms with van der Waals surface area (Å²) < 4.78 is 16.3. The van der Waals surface area contributed by atoms with E-state index in [-0.39, 0.29) is 38.8 Å². The summed E-state index contributed by atoms with van der Waals surface area (Å²) >= 11 is 0. The van der Waals surface area contributed by atoms with Crippen molar-refractivity contribution in [1.82, 2.24) is 10.2 Å². The zero-order chi connectivity index (χ0) is 25.9. The lowest BCUT2D eigenvalue weighted by atomic mass is 9.80. The number of nitrogens with zero attached hydrogens (tertiary/aromatic N) is 1. The minimum atomic E-state index is -1.09. The van der Waals surface area contributed by atoms with Crippen molar-refractivity contribution in [2.24, 2.45) is 5.41 Å². The fraction of sp³-hybridized carbons (Fsp3) is 0.444. The third-order valence-electron chi connectivity index (χ3n) is 6.29. The Balaban J connectivity index is 1.34. The highest BCUT2D eigenvalue weighted by Gasteiger charge is 2.47. The molecule has 0 spiro atoms. The first kappa shape index (κ1) is 25.5. The van der Waals surface area contributed by atoms with E-state index in [2.05, 4.69) is 29.6 Å². The Labute approximate surface area is 210 Å². The minimum Gasteiger partial charge on any atom is -0.480 e. The highest BCUT2D eigenvalue weighted by atomic mass is 16.6. The summed E-state index contributed by atoms with van der Waals surface area (Å²) in [6.45, 7) is 5.86. The van der Waals surface area contributed by atoms with E-state index in [1.807, 2.05) is 24.3 Å². The van der Waals surface area contributed by atoms with Gasteiger partial charge in [0.15, 0.2) is 0 Å². The van der Waals surface area contributed by atoms with Gasteiger partial charge in [-0.15, -0.1) is 0 Å². The van der Waals surface area contributed by atoms with Gasteiger partial charge in [-0.2, -0.15) is 0 Å². The molecular weight excluding hydrogens is 464 g/mol. The Morgan fingerprint density at radius 3 is 2.17 bits per heavy atom. The molecule has 9 nitrogen and oxygen atoms in total. The fourth-order valence-electron chi connectivity index (χ4n) is 4.74. The van der Waals surface area contributed by atoms with Crippen LogP contribution in [0.25, 0.3) is 11.1 Å². The predicted molar refractivity (Wildman–Crippen MR) is 132 cm³/mol. The predicted octanol–water partition coefficient (Wildman–Crippen LogP) is 3.86. The van der Waals surface area contributed by atoms with Crippen LogP contribution in [0.1, 0.15) is 37.8 Å². The topological polar surface area (TPSA) is 114 Å². The van der Waals surface area contributed by atoms with Crippen molar-refractivity contribution in [3.63, 3.8) is 0 Å². The summed E-state index contributed by atoms with van der Waals surface area (Å²) in [5, 5.41) is 11.7. The van der Waals surface area contributed by atoms with Gasteiger partial charge in [0.25, 0.3) is 0 Å². The zero-order valence-electron chi connectivity index (χ0n) is 20.8. The molecule has 0 radical (unpaired) electrons. The number of likely N-dealkylation sites (tertiary alicyclic amines) is 1. The number of rotatable bonds is 8. The molecule has 2 aromatic carbocycles. The summed E-state index contributed by atoms with van der Waals surface area (Å²) in [7, 11) is 0. The lowest BCUT2D eigenvalue weighted by Gasteiger charge is -2.49. The number of nitrogens with one attached hydrogen (secondary N) is 1. The van der Waals surface area contributed by atoms with Crippen molar-refractivity contribution < 1.29 is 33.7 Å². The van der Waals surface area contributed by atoms with Crippen LogP contribution in [0.2, 0.25) is 0 Å². The summed E-state index contributed by atoms with van der Waals surface area (Å²) in [6.07, 6.45) is -1.04. The van der Waals surface area contributed by atoms with Crippen LogP contribution in [0, 0.1) is 5.41 Å². The monoisotopic (exact) mass is 496 g/mol. The van der Waals surface area contributed by atoms with Gasteiger partial charge < -0.3 is 29.5 Å². The van der Waals surface area contributed by atoms with Gasteiger partial charge in [-0.25, -0.2) is 14.4 Å². The standard InChI is InChI=1S/C27H32N2O7/c1-26(2,3)36-25(33)29-15-27(16-29,17-34-13-23(30)31)14-28-24(32)35-12-22-20-10-6-4-8-18(20)19-9-5-7-11-21(19)22/h4-11,22H,12-17H2,1-3H3,(H,28,32)(H,30,31). The Morgan fingerprint density at radius 2 is 1.61 bits per heavy atom. The van der Waals surface area contributed by atoms with E-state index < -0.39 is 35.8 Å². The normalized spacial score (nSPS) is 15.9. The van der Waals surface area contributed by atoms with Gasteiger partial charge in [-0.3, -0.25) is 0 Å². The molecule has 0 unspecified atom stereocenters. The van der Waals surface area contributed by atoms with Gasteiger partial charge in [-0.05, 0) is 43.0 Å². The minimum absolute atomic E-state index is 0.0534. The smallest absolute Gasteiger partial charge is 0.410 e. The first-order chi connectivity index (χ1) is 17.1. The van der Waals surface area contributed by atoms with E-state index in [1.165, 1.54) is 4.90 Å². The first-order valence-corrected chi connectivity index (χ1v) is 11.9. The van der Waals surface area contributed by atoms with Crippen LogP contribution in [0.5, 0.6) is 0 Å². The summed E-state index contributed by atoms with van der Waals surface area (Å²) in [5.74, 6) is -1.14. The van der Waals surface area contributed by atoms with E-state index in [9.17, 15) is 14.4 Å². The Hall–Kier alpha value is -3.59. The number of benzene rings is 2. The molecule has 2 amide bonds. The fourth-order valence-corrected chi connectivity index (χ4v) is 4.74. The number of hydrogen-bond acceptors (Lipinski definition) is 6. The number of fused-ring (bicyclic) bond motifs is 3. The summed E-state index contributed by atoms with van der Waals surface area (Å²) in [6, 6.07) is 16.2. The SMILES string of the molecule is CC(C)(C)OC(=O)N1CC(CNC(=O)OCC2c3ccccc3-c3ccccc32)(COCC(=O)O)C1. The maximum absolute atomic E-state index is 12.6. The van der Waals surface area contributed by atoms with Gasteiger partial charge >= 0.3 is 18.2 Å². The third kappa shape index (κ3) is 5.79.